The molecule has 1 atom stereocenters. The van der Waals surface area contributed by atoms with Crippen LogP contribution in [0.2, 0.25) is 0 Å². The van der Waals surface area contributed by atoms with Crippen molar-refractivity contribution < 1.29 is 27.7 Å². The fourth-order valence-electron chi connectivity index (χ4n) is 3.88. The highest BCUT2D eigenvalue weighted by atomic mass is 35.5. The Balaban J connectivity index is 0.00000380. The van der Waals surface area contributed by atoms with E-state index in [1.54, 1.807) is 30.3 Å². The Morgan fingerprint density at radius 2 is 1.65 bits per heavy atom. The number of aliphatic hydroxyl groups is 1. The van der Waals surface area contributed by atoms with Gasteiger partial charge in [0.1, 0.15) is 18.5 Å². The zero-order chi connectivity index (χ0) is 25.5. The lowest BCUT2D eigenvalue weighted by molar-refractivity contribution is 0.107. The number of hydrogen-bond acceptors (Lipinski definition) is 7. The van der Waals surface area contributed by atoms with Gasteiger partial charge >= 0.3 is 0 Å². The molecule has 0 amide bonds. The van der Waals surface area contributed by atoms with Gasteiger partial charge in [0.15, 0.2) is 11.5 Å². The van der Waals surface area contributed by atoms with E-state index in [1.807, 2.05) is 30.5 Å². The summed E-state index contributed by atoms with van der Waals surface area (Å²) in [5, 5.41) is 14.5. The molecule has 3 N–H and O–H groups in total. The molecular weight excluding hydrogens is 516 g/mol. The highest BCUT2D eigenvalue weighted by molar-refractivity contribution is 7.91. The Labute approximate surface area is 222 Å². The number of fused-ring (bicyclic) bond motifs is 1. The Hall–Kier alpha value is -3.24. The number of halogens is 1. The van der Waals surface area contributed by atoms with E-state index in [2.05, 4.69) is 10.3 Å². The number of rotatable bonds is 12. The van der Waals surface area contributed by atoms with Crippen LogP contribution in [-0.4, -0.2) is 58.5 Å². The first-order valence-electron chi connectivity index (χ1n) is 11.6. The van der Waals surface area contributed by atoms with Crippen LogP contribution in [0.25, 0.3) is 10.9 Å². The number of aromatic amines is 1. The monoisotopic (exact) mass is 546 g/mol. The third kappa shape index (κ3) is 6.75. The van der Waals surface area contributed by atoms with Gasteiger partial charge in [-0.15, -0.1) is 12.4 Å². The van der Waals surface area contributed by atoms with Gasteiger partial charge in [-0.05, 0) is 61.0 Å². The molecule has 0 radical (unpaired) electrons. The van der Waals surface area contributed by atoms with Crippen molar-refractivity contribution in [3.05, 3.63) is 78.5 Å². The zero-order valence-corrected chi connectivity index (χ0v) is 22.3. The van der Waals surface area contributed by atoms with E-state index in [-0.39, 0.29) is 28.8 Å². The largest absolute Gasteiger partial charge is 0.493 e. The Kier molecular flexibility index (Phi) is 9.82. The Morgan fingerprint density at radius 1 is 0.919 bits per heavy atom. The van der Waals surface area contributed by atoms with Gasteiger partial charge in [-0.2, -0.15) is 0 Å². The van der Waals surface area contributed by atoms with Crippen molar-refractivity contribution in [2.24, 2.45) is 0 Å². The standard InChI is InChI=1S/C27H30N2O6S.ClH/c1-33-26-11-10-22(16-27(26)34-2)36(31,32)21-8-6-19(7-9-21)12-14-28-17-20(30)18-35-25-5-3-4-24-23(25)13-15-29-24;/h3-11,13,15-16,20,28-30H,12,14,17-18H2,1-2H3;1H/t20-;/m0./s1. The van der Waals surface area contributed by atoms with Crippen LogP contribution in [0.4, 0.5) is 0 Å². The fraction of sp³-hybridized carbons (Fsp3) is 0.259. The van der Waals surface area contributed by atoms with Crippen molar-refractivity contribution in [1.82, 2.24) is 10.3 Å². The molecule has 0 fully saturated rings. The van der Waals surface area contributed by atoms with Gasteiger partial charge in [0.05, 0.1) is 24.0 Å². The second-order valence-corrected chi connectivity index (χ2v) is 10.2. The third-order valence-corrected chi connectivity index (χ3v) is 7.62. The van der Waals surface area contributed by atoms with E-state index in [4.69, 9.17) is 14.2 Å². The summed E-state index contributed by atoms with van der Waals surface area (Å²) >= 11 is 0. The number of ether oxygens (including phenoxy) is 3. The minimum atomic E-state index is -3.69. The second-order valence-electron chi connectivity index (χ2n) is 8.28. The smallest absolute Gasteiger partial charge is 0.206 e. The van der Waals surface area contributed by atoms with E-state index >= 15 is 0 Å². The summed E-state index contributed by atoms with van der Waals surface area (Å²) in [7, 11) is -0.724. The summed E-state index contributed by atoms with van der Waals surface area (Å²) in [5.41, 5.74) is 1.97. The molecule has 0 unspecified atom stereocenters. The van der Waals surface area contributed by atoms with Gasteiger partial charge in [-0.25, -0.2) is 8.42 Å². The average molecular weight is 547 g/mol. The molecule has 0 aliphatic carbocycles. The number of nitrogens with one attached hydrogen (secondary N) is 2. The Bertz CT molecular complexity index is 1410. The predicted molar refractivity (Wildman–Crippen MR) is 145 cm³/mol. The molecule has 1 heterocycles. The molecule has 10 heteroatoms. The van der Waals surface area contributed by atoms with Gasteiger partial charge in [0, 0.05) is 29.7 Å². The molecule has 4 rings (SSSR count). The van der Waals surface area contributed by atoms with Crippen LogP contribution < -0.4 is 19.5 Å². The molecule has 0 aliphatic heterocycles. The molecule has 198 valence electrons. The van der Waals surface area contributed by atoms with Crippen molar-refractivity contribution in [3.8, 4) is 17.2 Å². The molecule has 0 saturated carbocycles. The molecule has 0 spiro atoms. The number of aromatic nitrogens is 1. The Morgan fingerprint density at radius 3 is 2.38 bits per heavy atom. The van der Waals surface area contributed by atoms with Gasteiger partial charge < -0.3 is 29.6 Å². The van der Waals surface area contributed by atoms with Crippen molar-refractivity contribution in [2.45, 2.75) is 22.3 Å². The van der Waals surface area contributed by atoms with E-state index in [9.17, 15) is 13.5 Å². The topological polar surface area (TPSA) is 110 Å². The lowest BCUT2D eigenvalue weighted by Gasteiger charge is -2.14. The third-order valence-electron chi connectivity index (χ3n) is 5.86. The van der Waals surface area contributed by atoms with Crippen molar-refractivity contribution in [2.75, 3.05) is 33.9 Å². The van der Waals surface area contributed by atoms with Crippen LogP contribution in [0.1, 0.15) is 5.56 Å². The van der Waals surface area contributed by atoms with Crippen LogP contribution in [0, 0.1) is 0 Å². The molecule has 37 heavy (non-hydrogen) atoms. The lowest BCUT2D eigenvalue weighted by atomic mass is 10.1. The lowest BCUT2D eigenvalue weighted by Crippen LogP contribution is -2.32. The van der Waals surface area contributed by atoms with Gasteiger partial charge in [-0.1, -0.05) is 18.2 Å². The van der Waals surface area contributed by atoms with E-state index in [0.29, 0.717) is 31.0 Å². The van der Waals surface area contributed by atoms with E-state index in [1.165, 1.54) is 26.4 Å². The maximum absolute atomic E-state index is 13.0. The number of H-pyrrole nitrogens is 1. The van der Waals surface area contributed by atoms with Crippen molar-refractivity contribution >= 4 is 33.1 Å². The summed E-state index contributed by atoms with van der Waals surface area (Å²) < 4.78 is 42.2. The summed E-state index contributed by atoms with van der Waals surface area (Å²) in [4.78, 5) is 3.48. The molecule has 0 aliphatic rings. The van der Waals surface area contributed by atoms with E-state index < -0.39 is 15.9 Å². The zero-order valence-electron chi connectivity index (χ0n) is 20.6. The summed E-state index contributed by atoms with van der Waals surface area (Å²) in [5.74, 6) is 1.56. The first-order valence-corrected chi connectivity index (χ1v) is 13.0. The molecule has 1 aromatic heterocycles. The molecule has 0 bridgehead atoms. The van der Waals surface area contributed by atoms with Crippen LogP contribution in [0.5, 0.6) is 17.2 Å². The predicted octanol–water partition coefficient (Wildman–Crippen LogP) is 4.01. The van der Waals surface area contributed by atoms with Crippen LogP contribution in [0.15, 0.2) is 82.7 Å². The summed E-state index contributed by atoms with van der Waals surface area (Å²) in [6.45, 7) is 1.20. The number of hydrogen-bond donors (Lipinski definition) is 3. The number of sulfone groups is 1. The summed E-state index contributed by atoms with van der Waals surface area (Å²) in [6, 6.07) is 19.0. The SMILES string of the molecule is COc1ccc(S(=O)(=O)c2ccc(CCNC[C@H](O)COc3cccc4[nH]ccc34)cc2)cc1OC.Cl. The van der Waals surface area contributed by atoms with Crippen LogP contribution >= 0.6 is 12.4 Å². The normalized spacial score (nSPS) is 12.1. The molecular formula is C27H31ClN2O6S. The minimum Gasteiger partial charge on any atom is -0.493 e. The maximum atomic E-state index is 13.0. The van der Waals surface area contributed by atoms with Crippen LogP contribution in [0.3, 0.4) is 0 Å². The number of benzene rings is 3. The maximum Gasteiger partial charge on any atom is 0.206 e. The number of aliphatic hydroxyl groups excluding tert-OH is 1. The van der Waals surface area contributed by atoms with E-state index in [0.717, 1.165) is 22.2 Å². The molecule has 0 saturated heterocycles. The summed E-state index contributed by atoms with van der Waals surface area (Å²) in [6.07, 6.45) is 1.88. The van der Waals surface area contributed by atoms with Gasteiger partial charge in [0.25, 0.3) is 0 Å². The quantitative estimate of drug-likeness (QED) is 0.230. The van der Waals surface area contributed by atoms with Gasteiger partial charge in [-0.3, -0.25) is 0 Å². The average Bonchev–Trinajstić information content (AvgIpc) is 3.39. The van der Waals surface area contributed by atoms with Crippen molar-refractivity contribution in [1.29, 1.82) is 0 Å². The first kappa shape index (κ1) is 28.3. The fourth-order valence-corrected chi connectivity index (χ4v) is 5.16. The highest BCUT2D eigenvalue weighted by Gasteiger charge is 2.20. The van der Waals surface area contributed by atoms with Gasteiger partial charge in [0.2, 0.25) is 9.84 Å². The second kappa shape index (κ2) is 12.8. The van der Waals surface area contributed by atoms with Crippen molar-refractivity contribution in [3.63, 3.8) is 0 Å². The first-order chi connectivity index (χ1) is 17.4. The van der Waals surface area contributed by atoms with Crippen LogP contribution in [-0.2, 0) is 16.3 Å². The molecule has 4 aromatic rings. The minimum absolute atomic E-state index is 0. The number of methoxy groups -OCH3 is 2. The highest BCUT2D eigenvalue weighted by Crippen LogP contribution is 2.32. The molecule has 3 aromatic carbocycles. The molecule has 8 nitrogen and oxygen atoms in total.